The van der Waals surface area contributed by atoms with Crippen LogP contribution in [0, 0.1) is 0 Å². The Kier molecular flexibility index (Phi) is 6.20. The van der Waals surface area contributed by atoms with E-state index in [-0.39, 0.29) is 23.9 Å². The second-order valence-corrected chi connectivity index (χ2v) is 12.5. The molecule has 0 bridgehead atoms. The number of sulfonamides is 1. The van der Waals surface area contributed by atoms with Crippen LogP contribution in [0.4, 0.5) is 0 Å². The third-order valence-corrected chi connectivity index (χ3v) is 8.46. The zero-order valence-electron chi connectivity index (χ0n) is 19.0. The van der Waals surface area contributed by atoms with Crippen LogP contribution in [0.2, 0.25) is 0 Å². The molecule has 3 N–H and O–H groups in total. The number of nitrogens with one attached hydrogen (secondary N) is 1. The lowest BCUT2D eigenvalue weighted by Crippen LogP contribution is -2.41. The molecule has 3 heterocycles. The fraction of sp³-hybridized carbons (Fsp3) is 0.304. The van der Waals surface area contributed by atoms with Gasteiger partial charge in [0.05, 0.1) is 41.5 Å². The zero-order chi connectivity index (χ0) is 24.8. The first-order valence-corrected chi connectivity index (χ1v) is 14.6. The molecule has 0 aliphatic carbocycles. The van der Waals surface area contributed by atoms with Crippen LogP contribution >= 0.6 is 10.6 Å². The molecule has 0 saturated carbocycles. The van der Waals surface area contributed by atoms with E-state index in [9.17, 15) is 22.3 Å². The molecule has 3 aromatic rings. The van der Waals surface area contributed by atoms with Crippen LogP contribution in [0.5, 0.6) is 0 Å². The number of carbonyl (C=O) groups is 1. The minimum atomic E-state index is -3.32. The number of amides is 1. The average Bonchev–Trinajstić information content (AvgIpc) is 3.21. The second-order valence-electron chi connectivity index (χ2n) is 8.56. The summed E-state index contributed by atoms with van der Waals surface area (Å²) in [5, 5.41) is 4.68. The van der Waals surface area contributed by atoms with Crippen LogP contribution in [-0.2, 0) is 27.1 Å². The Balaban J connectivity index is 1.61. The van der Waals surface area contributed by atoms with Gasteiger partial charge in [0.1, 0.15) is 0 Å². The summed E-state index contributed by atoms with van der Waals surface area (Å²) in [5.41, 5.74) is 3.38. The lowest BCUT2D eigenvalue weighted by molar-refractivity contribution is 0.0298. The van der Waals surface area contributed by atoms with Crippen molar-refractivity contribution in [3.63, 3.8) is 0 Å². The molecule has 5 rings (SSSR count). The van der Waals surface area contributed by atoms with Gasteiger partial charge in [-0.1, -0.05) is 30.3 Å². The van der Waals surface area contributed by atoms with Crippen molar-refractivity contribution in [3.05, 3.63) is 65.4 Å². The van der Waals surface area contributed by atoms with Crippen LogP contribution in [0.15, 0.2) is 53.4 Å². The SMILES string of the molecule is CS(=O)(=O)NCc1ccc(-n2nc(C(=O)N3CCOCC3)c3c2-c2ccccc2S(O)(O)C3)cc1. The smallest absolute Gasteiger partial charge is 0.274 e. The third kappa shape index (κ3) is 4.73. The summed E-state index contributed by atoms with van der Waals surface area (Å²) in [6.45, 7) is 1.91. The van der Waals surface area contributed by atoms with E-state index in [0.29, 0.717) is 53.7 Å². The number of carbonyl (C=O) groups excluding carboxylic acids is 1. The normalized spacial score (nSPS) is 18.0. The molecular weight excluding hydrogens is 492 g/mol. The molecule has 1 aromatic heterocycles. The molecule has 2 aliphatic rings. The number of rotatable bonds is 5. The van der Waals surface area contributed by atoms with Gasteiger partial charge in [0.15, 0.2) is 5.69 Å². The molecular formula is C23H26N4O6S2. The molecule has 186 valence electrons. The van der Waals surface area contributed by atoms with Gasteiger partial charge in [-0.15, -0.1) is 0 Å². The molecule has 1 amide bonds. The Morgan fingerprint density at radius 2 is 1.80 bits per heavy atom. The Morgan fingerprint density at radius 3 is 2.49 bits per heavy atom. The van der Waals surface area contributed by atoms with E-state index in [1.165, 1.54) is 0 Å². The number of hydrogen-bond acceptors (Lipinski definition) is 7. The van der Waals surface area contributed by atoms with Crippen molar-refractivity contribution in [2.45, 2.75) is 17.2 Å². The summed E-state index contributed by atoms with van der Waals surface area (Å²) in [7, 11) is -6.47. The molecule has 0 spiro atoms. The van der Waals surface area contributed by atoms with E-state index in [4.69, 9.17) is 4.74 Å². The third-order valence-electron chi connectivity index (χ3n) is 6.04. The van der Waals surface area contributed by atoms with Crippen LogP contribution < -0.4 is 4.72 Å². The van der Waals surface area contributed by atoms with Crippen molar-refractivity contribution < 1.29 is 27.1 Å². The van der Waals surface area contributed by atoms with E-state index < -0.39 is 20.6 Å². The van der Waals surface area contributed by atoms with Crippen molar-refractivity contribution in [3.8, 4) is 16.9 Å². The molecule has 0 radical (unpaired) electrons. The first kappa shape index (κ1) is 24.0. The summed E-state index contributed by atoms with van der Waals surface area (Å²) >= 11 is 0. The van der Waals surface area contributed by atoms with Crippen molar-refractivity contribution >= 4 is 26.5 Å². The topological polar surface area (TPSA) is 134 Å². The van der Waals surface area contributed by atoms with Gasteiger partial charge in [0.2, 0.25) is 10.0 Å². The molecule has 10 nitrogen and oxygen atoms in total. The fourth-order valence-corrected chi connectivity index (χ4v) is 6.41. The van der Waals surface area contributed by atoms with Gasteiger partial charge in [0.25, 0.3) is 5.91 Å². The quantitative estimate of drug-likeness (QED) is 0.473. The fourth-order valence-electron chi connectivity index (χ4n) is 4.33. The van der Waals surface area contributed by atoms with Gasteiger partial charge in [-0.3, -0.25) is 13.9 Å². The maximum absolute atomic E-state index is 13.4. The van der Waals surface area contributed by atoms with Gasteiger partial charge in [0, 0.05) is 30.8 Å². The predicted octanol–water partition coefficient (Wildman–Crippen LogP) is 2.68. The predicted molar refractivity (Wildman–Crippen MR) is 132 cm³/mol. The van der Waals surface area contributed by atoms with Gasteiger partial charge in [-0.25, -0.2) is 17.8 Å². The second kappa shape index (κ2) is 9.04. The van der Waals surface area contributed by atoms with Gasteiger partial charge >= 0.3 is 0 Å². The first-order chi connectivity index (χ1) is 16.6. The Morgan fingerprint density at radius 1 is 1.11 bits per heavy atom. The van der Waals surface area contributed by atoms with E-state index in [1.54, 1.807) is 52.0 Å². The summed E-state index contributed by atoms with van der Waals surface area (Å²) in [6, 6.07) is 14.2. The number of fused-ring (bicyclic) bond motifs is 3. The standard InChI is InChI=1S/C23H26N4O6S2/c1-34(29,30)24-14-16-6-8-17(9-7-16)27-22-18-4-2-3-5-20(18)35(31,32)15-19(22)21(25-27)23(28)26-10-12-33-13-11-26/h2-9,24,31-32H,10-15H2,1H3. The number of aromatic nitrogens is 2. The van der Waals surface area contributed by atoms with E-state index >= 15 is 0 Å². The average molecular weight is 519 g/mol. The Hall–Kier alpha value is -2.74. The van der Waals surface area contributed by atoms with E-state index in [2.05, 4.69) is 9.82 Å². The molecule has 1 fully saturated rings. The minimum absolute atomic E-state index is 0.0961. The zero-order valence-corrected chi connectivity index (χ0v) is 20.7. The largest absolute Gasteiger partial charge is 0.378 e. The number of hydrogen-bond donors (Lipinski definition) is 3. The highest BCUT2D eigenvalue weighted by Crippen LogP contribution is 2.59. The molecule has 2 aliphatic heterocycles. The lowest BCUT2D eigenvalue weighted by atomic mass is 10.0. The highest BCUT2D eigenvalue weighted by atomic mass is 32.3. The Bertz CT molecular complexity index is 1380. The molecule has 12 heteroatoms. The molecule has 2 aromatic carbocycles. The minimum Gasteiger partial charge on any atom is -0.378 e. The van der Waals surface area contributed by atoms with Crippen LogP contribution in [0.3, 0.4) is 0 Å². The Labute approximate surface area is 204 Å². The van der Waals surface area contributed by atoms with Crippen molar-refractivity contribution in [1.29, 1.82) is 0 Å². The summed E-state index contributed by atoms with van der Waals surface area (Å²) in [5.74, 6) is -0.368. The van der Waals surface area contributed by atoms with Crippen molar-refractivity contribution in [2.24, 2.45) is 0 Å². The number of nitrogens with zero attached hydrogens (tertiary/aromatic N) is 3. The summed E-state index contributed by atoms with van der Waals surface area (Å²) < 4.78 is 54.2. The maximum Gasteiger partial charge on any atom is 0.274 e. The summed E-state index contributed by atoms with van der Waals surface area (Å²) in [4.78, 5) is 15.5. The van der Waals surface area contributed by atoms with Crippen LogP contribution in [-0.4, -0.2) is 70.7 Å². The van der Waals surface area contributed by atoms with Gasteiger partial charge in [-0.05, 0) is 23.8 Å². The molecule has 1 saturated heterocycles. The first-order valence-electron chi connectivity index (χ1n) is 11.0. The molecule has 35 heavy (non-hydrogen) atoms. The van der Waals surface area contributed by atoms with E-state index in [1.807, 2.05) is 6.07 Å². The van der Waals surface area contributed by atoms with Crippen LogP contribution in [0.1, 0.15) is 21.6 Å². The van der Waals surface area contributed by atoms with Crippen molar-refractivity contribution in [1.82, 2.24) is 19.4 Å². The lowest BCUT2D eigenvalue weighted by Gasteiger charge is -2.38. The van der Waals surface area contributed by atoms with Crippen molar-refractivity contribution in [2.75, 3.05) is 32.6 Å². The highest BCUT2D eigenvalue weighted by Gasteiger charge is 2.37. The van der Waals surface area contributed by atoms with E-state index in [0.717, 1.165) is 11.8 Å². The number of ether oxygens (including phenoxy) is 1. The van der Waals surface area contributed by atoms with Crippen LogP contribution in [0.25, 0.3) is 16.9 Å². The summed E-state index contributed by atoms with van der Waals surface area (Å²) in [6.07, 6.45) is 1.10. The monoisotopic (exact) mass is 518 g/mol. The maximum atomic E-state index is 13.4. The number of morpholine rings is 1. The molecule has 0 unspecified atom stereocenters. The molecule has 0 atom stereocenters. The van der Waals surface area contributed by atoms with Gasteiger partial charge < -0.3 is 9.64 Å². The number of benzene rings is 2. The highest BCUT2D eigenvalue weighted by molar-refractivity contribution is 8.23. The van der Waals surface area contributed by atoms with Gasteiger partial charge in [-0.2, -0.15) is 15.7 Å².